The third-order valence-electron chi connectivity index (χ3n) is 3.15. The lowest BCUT2D eigenvalue weighted by atomic mass is 10.0. The van der Waals surface area contributed by atoms with Gasteiger partial charge in [0.15, 0.2) is 0 Å². The van der Waals surface area contributed by atoms with Gasteiger partial charge in [0.1, 0.15) is 6.04 Å². The van der Waals surface area contributed by atoms with Crippen LogP contribution in [0.25, 0.3) is 0 Å². The number of hydrogen-bond acceptors (Lipinski definition) is 2. The van der Waals surface area contributed by atoms with Gasteiger partial charge >= 0.3 is 6.03 Å². The van der Waals surface area contributed by atoms with E-state index in [0.29, 0.717) is 0 Å². The topological polar surface area (TPSA) is 75.4 Å². The maximum absolute atomic E-state index is 12.3. The first-order chi connectivity index (χ1) is 8.02. The van der Waals surface area contributed by atoms with Crippen molar-refractivity contribution >= 4 is 11.9 Å². The van der Waals surface area contributed by atoms with Crippen LogP contribution >= 0.6 is 0 Å². The van der Waals surface area contributed by atoms with Crippen LogP contribution in [0.15, 0.2) is 0 Å². The summed E-state index contributed by atoms with van der Waals surface area (Å²) in [5, 5.41) is 2.54. The molecule has 0 aliphatic carbocycles. The second-order valence-electron chi connectivity index (χ2n) is 4.97. The highest BCUT2D eigenvalue weighted by molar-refractivity contribution is 5.86. The fourth-order valence-electron chi connectivity index (χ4n) is 2.15. The van der Waals surface area contributed by atoms with Crippen molar-refractivity contribution in [3.63, 3.8) is 0 Å². The zero-order valence-electron chi connectivity index (χ0n) is 10.7. The zero-order chi connectivity index (χ0) is 12.8. The maximum Gasteiger partial charge on any atom is 0.312 e. The van der Waals surface area contributed by atoms with E-state index in [1.807, 2.05) is 18.7 Å². The number of urea groups is 1. The normalized spacial score (nSPS) is 18.6. The van der Waals surface area contributed by atoms with Gasteiger partial charge in [0.05, 0.1) is 0 Å². The minimum Gasteiger partial charge on any atom is -0.352 e. The molecule has 0 bridgehead atoms. The van der Waals surface area contributed by atoms with Crippen LogP contribution in [0.5, 0.6) is 0 Å². The first-order valence-electron chi connectivity index (χ1n) is 6.37. The Labute approximate surface area is 103 Å². The van der Waals surface area contributed by atoms with Crippen LogP contribution in [0.4, 0.5) is 4.79 Å². The predicted octanol–water partition coefficient (Wildman–Crippen LogP) is 1.08. The number of hydrogen-bond donors (Lipinski definition) is 2. The smallest absolute Gasteiger partial charge is 0.312 e. The number of carbonyl (C=O) groups is 2. The summed E-state index contributed by atoms with van der Waals surface area (Å²) in [5.74, 6) is 0.0546. The lowest BCUT2D eigenvalue weighted by molar-refractivity contribution is -0.134. The molecule has 1 fully saturated rings. The summed E-state index contributed by atoms with van der Waals surface area (Å²) in [4.78, 5) is 25.0. The number of carbonyl (C=O) groups excluding carboxylic acids is 2. The molecular weight excluding hydrogens is 218 g/mol. The Morgan fingerprint density at radius 1 is 1.12 bits per heavy atom. The summed E-state index contributed by atoms with van der Waals surface area (Å²) in [6.45, 7) is 5.41. The second kappa shape index (κ2) is 6.47. The molecule has 1 rings (SSSR count). The molecular formula is C12H23N3O2. The van der Waals surface area contributed by atoms with E-state index in [1.54, 1.807) is 0 Å². The summed E-state index contributed by atoms with van der Waals surface area (Å²) in [6.07, 6.45) is 4.46. The summed E-state index contributed by atoms with van der Waals surface area (Å²) in [6, 6.07) is -1.13. The summed E-state index contributed by atoms with van der Waals surface area (Å²) in [5.41, 5.74) is 5.11. The first-order valence-corrected chi connectivity index (χ1v) is 6.37. The number of amides is 3. The highest BCUT2D eigenvalue weighted by Crippen LogP contribution is 2.13. The molecule has 5 heteroatoms. The monoisotopic (exact) mass is 241 g/mol. The molecule has 17 heavy (non-hydrogen) atoms. The lowest BCUT2D eigenvalue weighted by Crippen LogP contribution is -2.52. The van der Waals surface area contributed by atoms with Crippen LogP contribution in [0.2, 0.25) is 0 Å². The van der Waals surface area contributed by atoms with Crippen molar-refractivity contribution in [2.75, 3.05) is 13.1 Å². The van der Waals surface area contributed by atoms with E-state index in [9.17, 15) is 9.59 Å². The van der Waals surface area contributed by atoms with Gasteiger partial charge < -0.3 is 16.0 Å². The van der Waals surface area contributed by atoms with E-state index >= 15 is 0 Å². The third-order valence-corrected chi connectivity index (χ3v) is 3.15. The average Bonchev–Trinajstić information content (AvgIpc) is 2.52. The van der Waals surface area contributed by atoms with Gasteiger partial charge in [0.2, 0.25) is 5.91 Å². The SMILES string of the molecule is CC(C)C(NC(N)=O)C(=O)N1CCCCCC1. The number of nitrogens with two attached hydrogens (primary N) is 1. The fourth-order valence-corrected chi connectivity index (χ4v) is 2.15. The van der Waals surface area contributed by atoms with Crippen molar-refractivity contribution in [3.05, 3.63) is 0 Å². The molecule has 0 aromatic carbocycles. The van der Waals surface area contributed by atoms with E-state index in [4.69, 9.17) is 5.73 Å². The molecule has 3 amide bonds. The quantitative estimate of drug-likeness (QED) is 0.776. The molecule has 0 aromatic heterocycles. The molecule has 0 aromatic rings. The fraction of sp³-hybridized carbons (Fsp3) is 0.833. The molecule has 0 radical (unpaired) electrons. The average molecular weight is 241 g/mol. The van der Waals surface area contributed by atoms with Gasteiger partial charge in [-0.15, -0.1) is 0 Å². The highest BCUT2D eigenvalue weighted by atomic mass is 16.2. The van der Waals surface area contributed by atoms with Crippen LogP contribution in [-0.4, -0.2) is 36.0 Å². The molecule has 1 aliphatic heterocycles. The molecule has 1 aliphatic rings. The van der Waals surface area contributed by atoms with Crippen LogP contribution in [0, 0.1) is 5.92 Å². The zero-order valence-corrected chi connectivity index (χ0v) is 10.7. The number of nitrogens with one attached hydrogen (secondary N) is 1. The Morgan fingerprint density at radius 2 is 1.65 bits per heavy atom. The van der Waals surface area contributed by atoms with Gasteiger partial charge in [-0.25, -0.2) is 4.79 Å². The van der Waals surface area contributed by atoms with Crippen molar-refractivity contribution < 1.29 is 9.59 Å². The van der Waals surface area contributed by atoms with Gasteiger partial charge in [0.25, 0.3) is 0 Å². The third kappa shape index (κ3) is 4.24. The Balaban J connectivity index is 2.65. The summed E-state index contributed by atoms with van der Waals surface area (Å²) >= 11 is 0. The van der Waals surface area contributed by atoms with E-state index in [1.165, 1.54) is 12.8 Å². The molecule has 1 atom stereocenters. The molecule has 1 unspecified atom stereocenters. The lowest BCUT2D eigenvalue weighted by Gasteiger charge is -2.28. The maximum atomic E-state index is 12.3. The molecule has 0 saturated carbocycles. The van der Waals surface area contributed by atoms with Crippen molar-refractivity contribution in [2.24, 2.45) is 11.7 Å². The van der Waals surface area contributed by atoms with Gasteiger partial charge in [-0.2, -0.15) is 0 Å². The summed E-state index contributed by atoms with van der Waals surface area (Å²) < 4.78 is 0. The van der Waals surface area contributed by atoms with Gasteiger partial charge in [0, 0.05) is 13.1 Å². The molecule has 1 saturated heterocycles. The molecule has 0 spiro atoms. The van der Waals surface area contributed by atoms with Gasteiger partial charge in [-0.05, 0) is 18.8 Å². The van der Waals surface area contributed by atoms with Crippen molar-refractivity contribution in [3.8, 4) is 0 Å². The van der Waals surface area contributed by atoms with Crippen molar-refractivity contribution in [1.82, 2.24) is 10.2 Å². The molecule has 3 N–H and O–H groups in total. The van der Waals surface area contributed by atoms with Crippen LogP contribution in [0.1, 0.15) is 39.5 Å². The van der Waals surface area contributed by atoms with Crippen LogP contribution in [-0.2, 0) is 4.79 Å². The number of nitrogens with zero attached hydrogens (tertiary/aromatic N) is 1. The second-order valence-corrected chi connectivity index (χ2v) is 4.97. The number of likely N-dealkylation sites (tertiary alicyclic amines) is 1. The molecule has 98 valence electrons. The minimum atomic E-state index is -0.633. The Kier molecular flexibility index (Phi) is 5.25. The number of rotatable bonds is 3. The van der Waals surface area contributed by atoms with E-state index in [-0.39, 0.29) is 11.8 Å². The van der Waals surface area contributed by atoms with E-state index in [0.717, 1.165) is 25.9 Å². The highest BCUT2D eigenvalue weighted by Gasteiger charge is 2.28. The van der Waals surface area contributed by atoms with Crippen LogP contribution < -0.4 is 11.1 Å². The van der Waals surface area contributed by atoms with Crippen LogP contribution in [0.3, 0.4) is 0 Å². The largest absolute Gasteiger partial charge is 0.352 e. The predicted molar refractivity (Wildman–Crippen MR) is 66.4 cm³/mol. The van der Waals surface area contributed by atoms with Gasteiger partial charge in [-0.3, -0.25) is 4.79 Å². The van der Waals surface area contributed by atoms with Gasteiger partial charge in [-0.1, -0.05) is 26.7 Å². The Bertz CT molecular complexity index is 271. The first kappa shape index (κ1) is 13.8. The van der Waals surface area contributed by atoms with E-state index in [2.05, 4.69) is 5.32 Å². The molecule has 1 heterocycles. The van der Waals surface area contributed by atoms with Crippen molar-refractivity contribution in [2.45, 2.75) is 45.6 Å². The van der Waals surface area contributed by atoms with E-state index < -0.39 is 12.1 Å². The summed E-state index contributed by atoms with van der Waals surface area (Å²) in [7, 11) is 0. The molecule has 5 nitrogen and oxygen atoms in total. The standard InChI is InChI=1S/C12H23N3O2/c1-9(2)10(14-12(13)17)11(16)15-7-5-3-4-6-8-15/h9-10H,3-8H2,1-2H3,(H3,13,14,17). The Morgan fingerprint density at radius 3 is 2.06 bits per heavy atom. The van der Waals surface area contributed by atoms with Crippen molar-refractivity contribution in [1.29, 1.82) is 0 Å². The Hall–Kier alpha value is -1.26. The number of primary amides is 1. The minimum absolute atomic E-state index is 0.000648.